The molecule has 156 valence electrons. The normalized spacial score (nSPS) is 15.2. The fraction of sp³-hybridized carbons (Fsp3) is 0.217. The van der Waals surface area contributed by atoms with Crippen LogP contribution in [0.15, 0.2) is 60.8 Å². The van der Waals surface area contributed by atoms with Gasteiger partial charge < -0.3 is 14.8 Å². The highest BCUT2D eigenvalue weighted by molar-refractivity contribution is 5.94. The third kappa shape index (κ3) is 3.79. The van der Waals surface area contributed by atoms with Gasteiger partial charge in [-0.1, -0.05) is 18.2 Å². The van der Waals surface area contributed by atoms with Crippen LogP contribution in [0.4, 0.5) is 0 Å². The number of aromatic nitrogens is 4. The summed E-state index contributed by atoms with van der Waals surface area (Å²) < 4.78 is 12.8. The Kier molecular flexibility index (Phi) is 4.95. The largest absolute Gasteiger partial charge is 0.494 e. The van der Waals surface area contributed by atoms with Crippen LogP contribution < -0.4 is 14.8 Å². The maximum absolute atomic E-state index is 12.9. The number of pyridine rings is 1. The molecule has 0 aliphatic carbocycles. The lowest BCUT2D eigenvalue weighted by atomic mass is 9.95. The number of carbonyl (C=O) groups is 1. The maximum atomic E-state index is 12.9. The zero-order valence-corrected chi connectivity index (χ0v) is 17.0. The molecule has 4 aromatic rings. The second-order valence-electron chi connectivity index (χ2n) is 7.27. The number of tetrazole rings is 1. The fourth-order valence-electron chi connectivity index (χ4n) is 3.75. The summed E-state index contributed by atoms with van der Waals surface area (Å²) in [5, 5.41) is 14.5. The molecule has 0 saturated carbocycles. The Hall–Kier alpha value is -3.94. The molecule has 2 aromatic heterocycles. The van der Waals surface area contributed by atoms with Crippen molar-refractivity contribution in [1.29, 1.82) is 0 Å². The maximum Gasteiger partial charge on any atom is 0.253 e. The van der Waals surface area contributed by atoms with Gasteiger partial charge in [-0.15, -0.1) is 5.10 Å². The lowest BCUT2D eigenvalue weighted by Gasteiger charge is -2.27. The Morgan fingerprint density at radius 2 is 2.00 bits per heavy atom. The quantitative estimate of drug-likeness (QED) is 0.537. The van der Waals surface area contributed by atoms with Crippen molar-refractivity contribution in [3.05, 3.63) is 71.9 Å². The minimum Gasteiger partial charge on any atom is -0.494 e. The van der Waals surface area contributed by atoms with Crippen molar-refractivity contribution in [2.45, 2.75) is 19.4 Å². The second-order valence-corrected chi connectivity index (χ2v) is 7.27. The third-order valence-corrected chi connectivity index (χ3v) is 5.31. The number of carbonyl (C=O) groups excluding carboxylic acids is 1. The molecule has 0 spiro atoms. The van der Waals surface area contributed by atoms with Crippen LogP contribution in [0.3, 0.4) is 0 Å². The average Bonchev–Trinajstić information content (AvgIpc) is 3.28. The lowest BCUT2D eigenvalue weighted by molar-refractivity contribution is 0.0924. The van der Waals surface area contributed by atoms with Crippen LogP contribution in [-0.4, -0.2) is 39.2 Å². The van der Waals surface area contributed by atoms with Gasteiger partial charge in [-0.2, -0.15) is 4.52 Å². The molecule has 0 radical (unpaired) electrons. The van der Waals surface area contributed by atoms with Gasteiger partial charge in [-0.05, 0) is 64.9 Å². The Labute approximate surface area is 178 Å². The van der Waals surface area contributed by atoms with E-state index in [-0.39, 0.29) is 11.9 Å². The topological polar surface area (TPSA) is 90.6 Å². The molecule has 1 atom stereocenters. The van der Waals surface area contributed by atoms with Crippen molar-refractivity contribution < 1.29 is 14.3 Å². The first-order chi connectivity index (χ1) is 15.2. The SMILES string of the molecule is CCOc1ccc(-c2ccc3c(c2)C(NC(=O)c2ccc4nnnn4c2)CCO3)cc1. The predicted octanol–water partition coefficient (Wildman–Crippen LogP) is 3.44. The van der Waals surface area contributed by atoms with Gasteiger partial charge in [-0.25, -0.2) is 0 Å². The van der Waals surface area contributed by atoms with Gasteiger partial charge in [0.15, 0.2) is 5.65 Å². The highest BCUT2D eigenvalue weighted by Gasteiger charge is 2.24. The number of rotatable bonds is 5. The summed E-state index contributed by atoms with van der Waals surface area (Å²) in [5.74, 6) is 1.46. The van der Waals surface area contributed by atoms with E-state index in [1.54, 1.807) is 18.3 Å². The molecule has 1 N–H and O–H groups in total. The van der Waals surface area contributed by atoms with Crippen LogP contribution >= 0.6 is 0 Å². The van der Waals surface area contributed by atoms with Gasteiger partial charge in [0, 0.05) is 18.2 Å². The number of nitrogens with one attached hydrogen (secondary N) is 1. The Balaban J connectivity index is 1.40. The number of fused-ring (bicyclic) bond motifs is 2. The first-order valence-electron chi connectivity index (χ1n) is 10.2. The molecular formula is C23H21N5O3. The molecule has 0 fully saturated rings. The van der Waals surface area contributed by atoms with Crippen LogP contribution in [-0.2, 0) is 0 Å². The van der Waals surface area contributed by atoms with Crippen LogP contribution in [0.2, 0.25) is 0 Å². The summed E-state index contributed by atoms with van der Waals surface area (Å²) in [6, 6.07) is 17.4. The van der Waals surface area contributed by atoms with Crippen LogP contribution in [0.5, 0.6) is 11.5 Å². The van der Waals surface area contributed by atoms with Crippen molar-refractivity contribution in [3.63, 3.8) is 0 Å². The second kappa shape index (κ2) is 8.06. The molecule has 8 nitrogen and oxygen atoms in total. The summed E-state index contributed by atoms with van der Waals surface area (Å²) in [7, 11) is 0. The number of hydrogen-bond acceptors (Lipinski definition) is 6. The summed E-state index contributed by atoms with van der Waals surface area (Å²) >= 11 is 0. The molecule has 0 bridgehead atoms. The van der Waals surface area contributed by atoms with E-state index in [9.17, 15) is 4.79 Å². The van der Waals surface area contributed by atoms with E-state index >= 15 is 0 Å². The summed E-state index contributed by atoms with van der Waals surface area (Å²) in [4.78, 5) is 12.9. The van der Waals surface area contributed by atoms with Crippen molar-refractivity contribution in [3.8, 4) is 22.6 Å². The summed E-state index contributed by atoms with van der Waals surface area (Å²) in [6.07, 6.45) is 2.32. The molecular weight excluding hydrogens is 394 g/mol. The van der Waals surface area contributed by atoms with E-state index in [1.165, 1.54) is 4.52 Å². The zero-order chi connectivity index (χ0) is 21.2. The average molecular weight is 415 g/mol. The van der Waals surface area contributed by atoms with E-state index in [2.05, 4.69) is 26.9 Å². The smallest absolute Gasteiger partial charge is 0.253 e. The number of ether oxygens (including phenoxy) is 2. The molecule has 8 heteroatoms. The van der Waals surface area contributed by atoms with E-state index in [0.717, 1.165) is 28.2 Å². The Bertz CT molecular complexity index is 1240. The van der Waals surface area contributed by atoms with Crippen LogP contribution in [0, 0.1) is 0 Å². The molecule has 2 aromatic carbocycles. The molecule has 1 amide bonds. The van der Waals surface area contributed by atoms with Gasteiger partial charge in [-0.3, -0.25) is 4.79 Å². The van der Waals surface area contributed by atoms with Crippen LogP contribution in [0.25, 0.3) is 16.8 Å². The molecule has 31 heavy (non-hydrogen) atoms. The first kappa shape index (κ1) is 19.0. The summed E-state index contributed by atoms with van der Waals surface area (Å²) in [5.41, 5.74) is 4.19. The minimum absolute atomic E-state index is 0.150. The molecule has 1 aliphatic rings. The monoisotopic (exact) mass is 415 g/mol. The molecule has 1 aliphatic heterocycles. The van der Waals surface area contributed by atoms with Crippen LogP contribution in [0.1, 0.15) is 35.3 Å². The first-order valence-corrected chi connectivity index (χ1v) is 10.2. The Morgan fingerprint density at radius 1 is 1.16 bits per heavy atom. The van der Waals surface area contributed by atoms with Gasteiger partial charge in [0.25, 0.3) is 5.91 Å². The van der Waals surface area contributed by atoms with Crippen molar-refractivity contribution in [1.82, 2.24) is 25.4 Å². The Morgan fingerprint density at radius 3 is 2.84 bits per heavy atom. The highest BCUT2D eigenvalue weighted by Crippen LogP contribution is 2.36. The molecule has 0 saturated heterocycles. The van der Waals surface area contributed by atoms with Crippen molar-refractivity contribution in [2.75, 3.05) is 13.2 Å². The number of benzene rings is 2. The van der Waals surface area contributed by atoms with E-state index in [1.807, 2.05) is 43.3 Å². The van der Waals surface area contributed by atoms with Gasteiger partial charge in [0.2, 0.25) is 0 Å². The fourth-order valence-corrected chi connectivity index (χ4v) is 3.75. The van der Waals surface area contributed by atoms with Crippen molar-refractivity contribution >= 4 is 11.6 Å². The lowest BCUT2D eigenvalue weighted by Crippen LogP contribution is -2.32. The standard InChI is InChI=1S/C23H21N5O3/c1-2-30-18-7-3-15(4-8-18)16-5-9-21-19(13-16)20(11-12-31-21)24-23(29)17-6-10-22-25-26-27-28(22)14-17/h3-10,13-14,20H,2,11-12H2,1H3,(H,24,29). The summed E-state index contributed by atoms with van der Waals surface area (Å²) in [6.45, 7) is 3.15. The van der Waals surface area contributed by atoms with E-state index in [0.29, 0.717) is 30.8 Å². The van der Waals surface area contributed by atoms with E-state index < -0.39 is 0 Å². The molecule has 3 heterocycles. The molecule has 5 rings (SSSR count). The zero-order valence-electron chi connectivity index (χ0n) is 17.0. The van der Waals surface area contributed by atoms with Gasteiger partial charge >= 0.3 is 0 Å². The van der Waals surface area contributed by atoms with Crippen molar-refractivity contribution in [2.24, 2.45) is 0 Å². The number of amides is 1. The van der Waals surface area contributed by atoms with Gasteiger partial charge in [0.1, 0.15) is 11.5 Å². The third-order valence-electron chi connectivity index (χ3n) is 5.31. The van der Waals surface area contributed by atoms with E-state index in [4.69, 9.17) is 9.47 Å². The van der Waals surface area contributed by atoms with Gasteiger partial charge in [0.05, 0.1) is 24.8 Å². The highest BCUT2D eigenvalue weighted by atomic mass is 16.5. The predicted molar refractivity (Wildman–Crippen MR) is 114 cm³/mol. The number of nitrogens with zero attached hydrogens (tertiary/aromatic N) is 4. The minimum atomic E-state index is -0.179. The number of hydrogen-bond donors (Lipinski definition) is 1. The molecule has 1 unspecified atom stereocenters.